The number of aryl methyl sites for hydroxylation is 4. The van der Waals surface area contributed by atoms with Crippen LogP contribution in [0.1, 0.15) is 54.8 Å². The fourth-order valence-electron chi connectivity index (χ4n) is 3.55. The first-order chi connectivity index (χ1) is 11.6. The molecule has 0 aliphatic heterocycles. The maximum Gasteiger partial charge on any atom is 0.183 e. The molecule has 124 valence electrons. The van der Waals surface area contributed by atoms with Gasteiger partial charge in [-0.25, -0.2) is 9.97 Å². The van der Waals surface area contributed by atoms with E-state index in [9.17, 15) is 5.26 Å². The highest BCUT2D eigenvalue weighted by atomic mass is 15.1. The average Bonchev–Trinajstić information content (AvgIpc) is 2.58. The largest absolute Gasteiger partial charge is 0.365 e. The van der Waals surface area contributed by atoms with Crippen molar-refractivity contribution in [2.45, 2.75) is 59.4 Å². The van der Waals surface area contributed by atoms with E-state index in [4.69, 9.17) is 9.97 Å². The van der Waals surface area contributed by atoms with Crippen molar-refractivity contribution >= 4 is 5.82 Å². The summed E-state index contributed by atoms with van der Waals surface area (Å²) < 4.78 is 0. The molecule has 1 N–H and O–H groups in total. The first kappa shape index (κ1) is 16.4. The van der Waals surface area contributed by atoms with E-state index in [1.54, 1.807) is 0 Å². The number of anilines is 1. The Labute approximate surface area is 144 Å². The second-order valence-electron chi connectivity index (χ2n) is 6.60. The summed E-state index contributed by atoms with van der Waals surface area (Å²) in [7, 11) is 0. The van der Waals surface area contributed by atoms with E-state index in [2.05, 4.69) is 51.2 Å². The van der Waals surface area contributed by atoms with Crippen molar-refractivity contribution in [2.75, 3.05) is 5.32 Å². The highest BCUT2D eigenvalue weighted by Gasteiger charge is 2.24. The van der Waals surface area contributed by atoms with Gasteiger partial charge in [-0.1, -0.05) is 31.5 Å². The monoisotopic (exact) mass is 320 g/mol. The molecule has 0 spiro atoms. The quantitative estimate of drug-likeness (QED) is 0.910. The molecular weight excluding hydrogens is 296 g/mol. The minimum absolute atomic E-state index is 0.324. The van der Waals surface area contributed by atoms with E-state index in [0.29, 0.717) is 17.6 Å². The van der Waals surface area contributed by atoms with E-state index < -0.39 is 0 Å². The van der Waals surface area contributed by atoms with Crippen LogP contribution in [-0.4, -0.2) is 16.0 Å². The molecule has 1 aliphatic carbocycles. The molecule has 0 radical (unpaired) electrons. The molecule has 4 heteroatoms. The molecule has 1 heterocycles. The van der Waals surface area contributed by atoms with Crippen LogP contribution in [0.4, 0.5) is 5.82 Å². The molecule has 2 aromatic rings. The lowest BCUT2D eigenvalue weighted by Gasteiger charge is -2.23. The predicted molar refractivity (Wildman–Crippen MR) is 97.1 cm³/mol. The molecule has 0 amide bonds. The minimum Gasteiger partial charge on any atom is -0.365 e. The molecule has 0 bridgehead atoms. The van der Waals surface area contributed by atoms with Crippen LogP contribution >= 0.6 is 0 Å². The minimum atomic E-state index is 0.324. The van der Waals surface area contributed by atoms with Crippen molar-refractivity contribution in [3.63, 3.8) is 0 Å². The maximum atomic E-state index is 9.55. The Morgan fingerprint density at radius 3 is 2.58 bits per heavy atom. The smallest absolute Gasteiger partial charge is 0.183 e. The molecule has 0 saturated heterocycles. The van der Waals surface area contributed by atoms with Gasteiger partial charge in [0.15, 0.2) is 11.5 Å². The summed E-state index contributed by atoms with van der Waals surface area (Å²) in [5, 5.41) is 12.9. The highest BCUT2D eigenvalue weighted by molar-refractivity contribution is 5.74. The summed E-state index contributed by atoms with van der Waals surface area (Å²) in [4.78, 5) is 9.49. The Morgan fingerprint density at radius 1 is 1.17 bits per heavy atom. The summed E-state index contributed by atoms with van der Waals surface area (Å²) in [6.07, 6.45) is 3.86. The molecule has 1 aliphatic rings. The SMILES string of the molecule is CCC(CC)Nc1nc2c(nc1C#N)-c1c(C)cc(C)cc1CC2. The van der Waals surface area contributed by atoms with Crippen molar-refractivity contribution in [3.05, 3.63) is 40.2 Å². The normalized spacial score (nSPS) is 12.5. The van der Waals surface area contributed by atoms with Gasteiger partial charge >= 0.3 is 0 Å². The molecule has 4 nitrogen and oxygen atoms in total. The zero-order valence-electron chi connectivity index (χ0n) is 14.9. The second kappa shape index (κ2) is 6.60. The fourth-order valence-corrected chi connectivity index (χ4v) is 3.55. The Hall–Kier alpha value is -2.41. The first-order valence-electron chi connectivity index (χ1n) is 8.75. The number of rotatable bonds is 4. The van der Waals surface area contributed by atoms with Crippen LogP contribution in [0.25, 0.3) is 11.3 Å². The Morgan fingerprint density at radius 2 is 1.92 bits per heavy atom. The Kier molecular flexibility index (Phi) is 4.53. The first-order valence-corrected chi connectivity index (χ1v) is 8.75. The van der Waals surface area contributed by atoms with Crippen molar-refractivity contribution in [3.8, 4) is 17.3 Å². The average molecular weight is 320 g/mol. The molecule has 0 saturated carbocycles. The van der Waals surface area contributed by atoms with E-state index in [0.717, 1.165) is 37.1 Å². The fraction of sp³-hybridized carbons (Fsp3) is 0.450. The lowest BCUT2D eigenvalue weighted by Crippen LogP contribution is -2.21. The highest BCUT2D eigenvalue weighted by Crippen LogP contribution is 2.35. The summed E-state index contributed by atoms with van der Waals surface area (Å²) in [6.45, 7) is 8.52. The van der Waals surface area contributed by atoms with Crippen LogP contribution < -0.4 is 5.32 Å². The number of hydrogen-bond acceptors (Lipinski definition) is 4. The number of aromatic nitrogens is 2. The molecule has 0 atom stereocenters. The molecule has 3 rings (SSSR count). The summed E-state index contributed by atoms with van der Waals surface area (Å²) >= 11 is 0. The van der Waals surface area contributed by atoms with Gasteiger partial charge in [0.25, 0.3) is 0 Å². The summed E-state index contributed by atoms with van der Waals surface area (Å²) in [5.41, 5.74) is 7.26. The maximum absolute atomic E-state index is 9.55. The number of nitriles is 1. The number of benzene rings is 1. The van der Waals surface area contributed by atoms with Crippen molar-refractivity contribution in [1.82, 2.24) is 9.97 Å². The summed E-state index contributed by atoms with van der Waals surface area (Å²) in [6, 6.07) is 6.96. The predicted octanol–water partition coefficient (Wildman–Crippen LogP) is 4.33. The van der Waals surface area contributed by atoms with E-state index in [-0.39, 0.29) is 0 Å². The topological polar surface area (TPSA) is 61.6 Å². The van der Waals surface area contributed by atoms with Crippen LogP contribution in [0.15, 0.2) is 12.1 Å². The molecular formula is C20H24N4. The van der Waals surface area contributed by atoms with E-state index >= 15 is 0 Å². The van der Waals surface area contributed by atoms with Gasteiger partial charge in [-0.15, -0.1) is 0 Å². The third-order valence-corrected chi connectivity index (χ3v) is 4.83. The van der Waals surface area contributed by atoms with Crippen molar-refractivity contribution < 1.29 is 0 Å². The zero-order valence-corrected chi connectivity index (χ0v) is 14.9. The van der Waals surface area contributed by atoms with Gasteiger partial charge < -0.3 is 5.32 Å². The van der Waals surface area contributed by atoms with Gasteiger partial charge in [0.1, 0.15) is 6.07 Å². The molecule has 1 aromatic carbocycles. The van der Waals surface area contributed by atoms with Gasteiger partial charge in [0.2, 0.25) is 0 Å². The van der Waals surface area contributed by atoms with Crippen LogP contribution in [-0.2, 0) is 12.8 Å². The lowest BCUT2D eigenvalue weighted by molar-refractivity contribution is 0.666. The third-order valence-electron chi connectivity index (χ3n) is 4.83. The van der Waals surface area contributed by atoms with Crippen molar-refractivity contribution in [1.29, 1.82) is 5.26 Å². The third kappa shape index (κ3) is 2.87. The van der Waals surface area contributed by atoms with E-state index in [1.165, 1.54) is 22.3 Å². The Balaban J connectivity index is 2.12. The van der Waals surface area contributed by atoms with Crippen LogP contribution in [0.2, 0.25) is 0 Å². The van der Waals surface area contributed by atoms with Crippen LogP contribution in [0, 0.1) is 25.2 Å². The number of nitrogens with zero attached hydrogens (tertiary/aromatic N) is 3. The van der Waals surface area contributed by atoms with Gasteiger partial charge in [0, 0.05) is 11.6 Å². The zero-order chi connectivity index (χ0) is 17.3. The van der Waals surface area contributed by atoms with Gasteiger partial charge in [0.05, 0.1) is 11.4 Å². The van der Waals surface area contributed by atoms with Crippen LogP contribution in [0.3, 0.4) is 0 Å². The standard InChI is InChI=1S/C20H24N4/c1-5-15(6-2)22-20-17(11-21)23-19-16(24-20)8-7-14-10-12(3)9-13(4)18(14)19/h9-10,15H,5-8H2,1-4H3,(H,22,24). The van der Waals surface area contributed by atoms with E-state index in [1.807, 2.05) is 0 Å². The van der Waals surface area contributed by atoms with Crippen molar-refractivity contribution in [2.24, 2.45) is 0 Å². The number of nitrogens with one attached hydrogen (secondary N) is 1. The molecule has 24 heavy (non-hydrogen) atoms. The van der Waals surface area contributed by atoms with Gasteiger partial charge in [-0.2, -0.15) is 5.26 Å². The van der Waals surface area contributed by atoms with Crippen LogP contribution in [0.5, 0.6) is 0 Å². The molecule has 1 aromatic heterocycles. The van der Waals surface area contributed by atoms with Gasteiger partial charge in [-0.05, 0) is 50.7 Å². The number of hydrogen-bond donors (Lipinski definition) is 1. The summed E-state index contributed by atoms with van der Waals surface area (Å²) in [5.74, 6) is 0.637. The second-order valence-corrected chi connectivity index (χ2v) is 6.60. The molecule has 0 fully saturated rings. The molecule has 0 unspecified atom stereocenters. The Bertz CT molecular complexity index is 813. The number of fused-ring (bicyclic) bond motifs is 3. The van der Waals surface area contributed by atoms with Gasteiger partial charge in [-0.3, -0.25) is 0 Å². The lowest BCUT2D eigenvalue weighted by atomic mass is 9.87.